The highest BCUT2D eigenvalue weighted by atomic mass is 16.6. The molecule has 0 saturated heterocycles. The molecule has 0 rings (SSSR count). The number of allylic oxidation sites excluding steroid dienone is 14. The molecule has 0 amide bonds. The molecule has 0 aliphatic rings. The molecule has 0 aliphatic heterocycles. The minimum absolute atomic E-state index is 0.0932. The van der Waals surface area contributed by atoms with Gasteiger partial charge in [-0.05, 0) is 89.9 Å². The fourth-order valence-corrected chi connectivity index (χ4v) is 4.78. The molecule has 48 heavy (non-hydrogen) atoms. The van der Waals surface area contributed by atoms with Crippen molar-refractivity contribution in [3.63, 3.8) is 0 Å². The Morgan fingerprint density at radius 3 is 1.38 bits per heavy atom. The van der Waals surface area contributed by atoms with Gasteiger partial charge in [-0.1, -0.05) is 137 Å². The zero-order chi connectivity index (χ0) is 35.0. The van der Waals surface area contributed by atoms with Gasteiger partial charge in [0, 0.05) is 12.8 Å². The summed E-state index contributed by atoms with van der Waals surface area (Å²) in [4.78, 5) is 24.2. The van der Waals surface area contributed by atoms with Crippen molar-refractivity contribution in [2.24, 2.45) is 0 Å². The number of hydrogen-bond donors (Lipinski definition) is 1. The molecule has 0 heterocycles. The Labute approximate surface area is 295 Å². The number of aliphatic hydroxyl groups is 1. The first kappa shape index (κ1) is 45.1. The Hall–Kier alpha value is -2.92. The van der Waals surface area contributed by atoms with E-state index < -0.39 is 6.10 Å². The minimum Gasteiger partial charge on any atom is -0.462 e. The third-order valence-electron chi connectivity index (χ3n) is 7.67. The van der Waals surface area contributed by atoms with Crippen LogP contribution in [0.2, 0.25) is 0 Å². The van der Waals surface area contributed by atoms with Gasteiger partial charge in [0.15, 0.2) is 6.10 Å². The van der Waals surface area contributed by atoms with Gasteiger partial charge in [-0.2, -0.15) is 0 Å². The highest BCUT2D eigenvalue weighted by Crippen LogP contribution is 2.10. The minimum atomic E-state index is -0.800. The number of hydrogen-bond acceptors (Lipinski definition) is 5. The fourth-order valence-electron chi connectivity index (χ4n) is 4.78. The predicted octanol–water partition coefficient (Wildman–Crippen LogP) is 11.9. The number of unbranched alkanes of at least 4 members (excludes halogenated alkanes) is 11. The third-order valence-corrected chi connectivity index (χ3v) is 7.67. The number of carbonyl (C=O) groups excluding carboxylic acids is 2. The zero-order valence-electron chi connectivity index (χ0n) is 30.7. The van der Waals surface area contributed by atoms with Gasteiger partial charge in [0.1, 0.15) is 6.61 Å². The molecule has 5 nitrogen and oxygen atoms in total. The van der Waals surface area contributed by atoms with Gasteiger partial charge in [-0.15, -0.1) is 0 Å². The van der Waals surface area contributed by atoms with Crippen LogP contribution in [0.15, 0.2) is 85.1 Å². The third kappa shape index (κ3) is 35.9. The summed E-state index contributed by atoms with van der Waals surface area (Å²) < 4.78 is 10.6. The van der Waals surface area contributed by atoms with E-state index in [2.05, 4.69) is 98.9 Å². The molecule has 272 valence electrons. The maximum absolute atomic E-state index is 12.2. The van der Waals surface area contributed by atoms with Crippen LogP contribution in [0.3, 0.4) is 0 Å². The van der Waals surface area contributed by atoms with Crippen molar-refractivity contribution in [1.29, 1.82) is 0 Å². The van der Waals surface area contributed by atoms with Gasteiger partial charge < -0.3 is 14.6 Å². The van der Waals surface area contributed by atoms with Crippen molar-refractivity contribution in [2.75, 3.05) is 13.2 Å². The Kier molecular flexibility index (Phi) is 36.2. The standard InChI is InChI=1S/C43H70O5/c1-3-5-7-9-11-13-15-17-19-20-21-22-24-26-28-30-32-34-36-38-43(46)48-41(39-44)40-47-42(45)37-35-33-31-29-27-25-23-18-16-14-12-10-8-6-4-2/h6,8,11-14,17-19,21-23,26,28,41,44H,3-5,7,9-10,15-16,20,24-25,27,29-40H2,1-2H3/b8-6+,13-11+,14-12+,19-17+,22-21+,23-18+,28-26+/t41-/m0/s1. The Morgan fingerprint density at radius 1 is 0.500 bits per heavy atom. The normalized spacial score (nSPS) is 13.1. The van der Waals surface area contributed by atoms with E-state index in [4.69, 9.17) is 9.47 Å². The van der Waals surface area contributed by atoms with Crippen LogP contribution in [0.1, 0.15) is 155 Å². The van der Waals surface area contributed by atoms with Crippen LogP contribution in [-0.4, -0.2) is 36.4 Å². The summed E-state index contributed by atoms with van der Waals surface area (Å²) >= 11 is 0. The quantitative estimate of drug-likeness (QED) is 0.0429. The summed E-state index contributed by atoms with van der Waals surface area (Å²) in [5, 5.41) is 9.54. The van der Waals surface area contributed by atoms with Crippen molar-refractivity contribution in [3.8, 4) is 0 Å². The molecule has 0 aromatic carbocycles. The molecule has 0 radical (unpaired) electrons. The molecule has 0 unspecified atom stereocenters. The van der Waals surface area contributed by atoms with Crippen LogP contribution in [0.4, 0.5) is 0 Å². The van der Waals surface area contributed by atoms with Gasteiger partial charge in [0.2, 0.25) is 0 Å². The summed E-state index contributed by atoms with van der Waals surface area (Å²) in [6, 6.07) is 0. The number of ether oxygens (including phenoxy) is 2. The smallest absolute Gasteiger partial charge is 0.306 e. The molecule has 5 heteroatoms. The molecular formula is C43H70O5. The Morgan fingerprint density at radius 2 is 0.896 bits per heavy atom. The number of rotatable bonds is 33. The van der Waals surface area contributed by atoms with E-state index in [0.29, 0.717) is 12.8 Å². The van der Waals surface area contributed by atoms with Crippen molar-refractivity contribution >= 4 is 11.9 Å². The van der Waals surface area contributed by atoms with Crippen LogP contribution in [0, 0.1) is 0 Å². The summed E-state index contributed by atoms with van der Waals surface area (Å²) in [7, 11) is 0. The van der Waals surface area contributed by atoms with Crippen molar-refractivity contribution in [1.82, 2.24) is 0 Å². The van der Waals surface area contributed by atoms with Gasteiger partial charge in [-0.25, -0.2) is 0 Å². The lowest BCUT2D eigenvalue weighted by atomic mass is 10.1. The van der Waals surface area contributed by atoms with Crippen LogP contribution in [0.25, 0.3) is 0 Å². The Bertz CT molecular complexity index is 937. The van der Waals surface area contributed by atoms with Crippen LogP contribution in [0.5, 0.6) is 0 Å². The van der Waals surface area contributed by atoms with E-state index >= 15 is 0 Å². The van der Waals surface area contributed by atoms with E-state index in [9.17, 15) is 14.7 Å². The maximum Gasteiger partial charge on any atom is 0.306 e. The summed E-state index contributed by atoms with van der Waals surface area (Å²) in [5.41, 5.74) is 0. The lowest BCUT2D eigenvalue weighted by molar-refractivity contribution is -0.161. The second-order valence-corrected chi connectivity index (χ2v) is 12.3. The fraction of sp³-hybridized carbons (Fsp3) is 0.628. The highest BCUT2D eigenvalue weighted by Gasteiger charge is 2.16. The predicted molar refractivity (Wildman–Crippen MR) is 205 cm³/mol. The Balaban J connectivity index is 3.70. The average Bonchev–Trinajstić information content (AvgIpc) is 3.09. The molecule has 0 aromatic heterocycles. The topological polar surface area (TPSA) is 72.8 Å². The van der Waals surface area contributed by atoms with Crippen molar-refractivity contribution in [3.05, 3.63) is 85.1 Å². The van der Waals surface area contributed by atoms with E-state index in [-0.39, 0.29) is 25.2 Å². The van der Waals surface area contributed by atoms with Gasteiger partial charge >= 0.3 is 11.9 Å². The summed E-state index contributed by atoms with van der Waals surface area (Å²) in [5.74, 6) is -0.656. The number of carbonyl (C=O) groups is 2. The van der Waals surface area contributed by atoms with Gasteiger partial charge in [0.05, 0.1) is 6.61 Å². The van der Waals surface area contributed by atoms with E-state index in [1.165, 1.54) is 32.1 Å². The highest BCUT2D eigenvalue weighted by molar-refractivity contribution is 5.70. The lowest BCUT2D eigenvalue weighted by Crippen LogP contribution is -2.28. The van der Waals surface area contributed by atoms with E-state index in [1.807, 2.05) is 0 Å². The monoisotopic (exact) mass is 667 g/mol. The first-order valence-corrected chi connectivity index (χ1v) is 19.1. The molecule has 0 saturated carbocycles. The molecule has 1 N–H and O–H groups in total. The summed E-state index contributed by atoms with van der Waals surface area (Å²) in [6.45, 7) is 3.93. The second kappa shape index (κ2) is 38.5. The van der Waals surface area contributed by atoms with Gasteiger partial charge in [0.25, 0.3) is 0 Å². The van der Waals surface area contributed by atoms with E-state index in [1.54, 1.807) is 0 Å². The van der Waals surface area contributed by atoms with Crippen LogP contribution >= 0.6 is 0 Å². The number of esters is 2. The molecular weight excluding hydrogens is 596 g/mol. The molecule has 0 spiro atoms. The lowest BCUT2D eigenvalue weighted by Gasteiger charge is -2.15. The average molecular weight is 667 g/mol. The first-order chi connectivity index (χ1) is 23.6. The van der Waals surface area contributed by atoms with Crippen LogP contribution in [-0.2, 0) is 19.1 Å². The van der Waals surface area contributed by atoms with Crippen molar-refractivity contribution in [2.45, 2.75) is 161 Å². The molecule has 0 bridgehead atoms. The molecule has 0 aromatic rings. The second-order valence-electron chi connectivity index (χ2n) is 12.3. The SMILES string of the molecule is CC/C=C/C/C=C/C/C=C/CCCCCCCC(=O)OC[C@H](CO)OC(=O)CCCCC/C=C/C/C=C/C/C=C/C/C=C/CCCCC. The summed E-state index contributed by atoms with van der Waals surface area (Å²) in [6.07, 6.45) is 52.1. The van der Waals surface area contributed by atoms with Crippen molar-refractivity contribution < 1.29 is 24.2 Å². The number of aliphatic hydroxyl groups excluding tert-OH is 1. The maximum atomic E-state index is 12.2. The molecule has 1 atom stereocenters. The van der Waals surface area contributed by atoms with Crippen LogP contribution < -0.4 is 0 Å². The van der Waals surface area contributed by atoms with Gasteiger partial charge in [-0.3, -0.25) is 9.59 Å². The first-order valence-electron chi connectivity index (χ1n) is 19.1. The molecule has 0 aliphatic carbocycles. The largest absolute Gasteiger partial charge is 0.462 e. The molecule has 0 fully saturated rings. The zero-order valence-corrected chi connectivity index (χ0v) is 30.7. The van der Waals surface area contributed by atoms with E-state index in [0.717, 1.165) is 96.3 Å².